The number of ether oxygens (including phenoxy) is 1. The van der Waals surface area contributed by atoms with Crippen LogP contribution in [-0.2, 0) is 6.54 Å². The van der Waals surface area contributed by atoms with E-state index in [1.54, 1.807) is 6.92 Å². The van der Waals surface area contributed by atoms with E-state index in [0.717, 1.165) is 16.7 Å². The van der Waals surface area contributed by atoms with E-state index in [9.17, 15) is 18.7 Å². The molecule has 3 rings (SSSR count). The number of nitrogens with zero attached hydrogens (tertiary/aromatic N) is 2. The fourth-order valence-electron chi connectivity index (χ4n) is 2.86. The first-order chi connectivity index (χ1) is 11.8. The van der Waals surface area contributed by atoms with Crippen LogP contribution in [0, 0.1) is 18.2 Å². The van der Waals surface area contributed by atoms with Gasteiger partial charge in [-0.2, -0.15) is 0 Å². The molecule has 0 amide bonds. The van der Waals surface area contributed by atoms with Crippen molar-refractivity contribution in [3.63, 3.8) is 0 Å². The van der Waals surface area contributed by atoms with E-state index >= 15 is 0 Å². The van der Waals surface area contributed by atoms with Crippen molar-refractivity contribution < 1.29 is 18.6 Å². The highest BCUT2D eigenvalue weighted by Crippen LogP contribution is 2.37. The average molecular weight is 369 g/mol. The van der Waals surface area contributed by atoms with Crippen molar-refractivity contribution >= 4 is 11.6 Å². The second-order valence-corrected chi connectivity index (χ2v) is 6.16. The van der Waals surface area contributed by atoms with E-state index in [-0.39, 0.29) is 35.1 Å². The van der Waals surface area contributed by atoms with Gasteiger partial charge in [0.05, 0.1) is 10.7 Å². The first-order valence-electron chi connectivity index (χ1n) is 7.65. The lowest BCUT2D eigenvalue weighted by Crippen LogP contribution is -2.27. The van der Waals surface area contributed by atoms with Gasteiger partial charge in [0.1, 0.15) is 23.4 Å². The van der Waals surface area contributed by atoms with Crippen LogP contribution in [0.1, 0.15) is 31.6 Å². The van der Waals surface area contributed by atoms with Crippen molar-refractivity contribution in [1.29, 1.82) is 0 Å². The number of rotatable bonds is 3. The summed E-state index contributed by atoms with van der Waals surface area (Å²) in [5.74, 6) is 0.898. The number of fused-ring (bicyclic) bond motifs is 1. The summed E-state index contributed by atoms with van der Waals surface area (Å²) in [4.78, 5) is 12.5. The largest absolute Gasteiger partial charge is 0.493 e. The van der Waals surface area contributed by atoms with Gasteiger partial charge in [-0.05, 0) is 25.8 Å². The first kappa shape index (κ1) is 17.4. The van der Waals surface area contributed by atoms with Crippen LogP contribution in [0.5, 0.6) is 11.6 Å². The lowest BCUT2D eigenvalue weighted by atomic mass is 10.1. The molecule has 1 aromatic heterocycles. The quantitative estimate of drug-likeness (QED) is 0.845. The van der Waals surface area contributed by atoms with E-state index in [1.165, 1.54) is 0 Å². The summed E-state index contributed by atoms with van der Waals surface area (Å²) in [5.41, 5.74) is -1.17. The molecule has 0 spiro atoms. The van der Waals surface area contributed by atoms with Crippen molar-refractivity contribution in [3.05, 3.63) is 39.2 Å². The third-order valence-electron chi connectivity index (χ3n) is 4.07. The Bertz CT molecular complexity index is 929. The van der Waals surface area contributed by atoms with Gasteiger partial charge in [0.25, 0.3) is 0 Å². The molecule has 1 aliphatic heterocycles. The average Bonchev–Trinajstić information content (AvgIpc) is 2.82. The maximum atomic E-state index is 14.4. The van der Waals surface area contributed by atoms with Crippen LogP contribution in [0.2, 0.25) is 5.02 Å². The van der Waals surface area contributed by atoms with Gasteiger partial charge >= 0.3 is 5.69 Å². The highest BCUT2D eigenvalue weighted by atomic mass is 35.5. The molecule has 1 N–H and O–H groups in total. The summed E-state index contributed by atoms with van der Waals surface area (Å²) in [7, 11) is 0. The normalized spacial score (nSPS) is 17.6. The number of alkyl halides is 1. The zero-order valence-electron chi connectivity index (χ0n) is 13.3. The number of benzene rings is 1. The van der Waals surface area contributed by atoms with Gasteiger partial charge in [0.2, 0.25) is 5.88 Å². The monoisotopic (exact) mass is 368 g/mol. The molecule has 0 aliphatic carbocycles. The van der Waals surface area contributed by atoms with Gasteiger partial charge in [-0.1, -0.05) is 17.5 Å². The molecular weight excluding hydrogens is 354 g/mol. The minimum absolute atomic E-state index is 0.0387. The molecule has 2 atom stereocenters. The summed E-state index contributed by atoms with van der Waals surface area (Å²) in [5, 5.41) is 10.3. The lowest BCUT2D eigenvalue weighted by molar-refractivity contribution is 0.257. The standard InChI is InChI=1S/C17H15ClF2N2O3/c1-3-9(2)25-14-8-13(12(20)7-10(14)18)22-16(23)15-11(19)5-4-6-21(15)17(22)24/h1,7-9,11,23H,4-6H2,2H3. The van der Waals surface area contributed by atoms with Crippen molar-refractivity contribution in [2.24, 2.45) is 0 Å². The predicted octanol–water partition coefficient (Wildman–Crippen LogP) is 3.34. The van der Waals surface area contributed by atoms with Crippen LogP contribution < -0.4 is 10.4 Å². The summed E-state index contributed by atoms with van der Waals surface area (Å²) in [6.07, 6.45) is 3.76. The summed E-state index contributed by atoms with van der Waals surface area (Å²) < 4.78 is 35.7. The Hall–Kier alpha value is -2.46. The molecule has 132 valence electrons. The molecule has 2 heterocycles. The second kappa shape index (κ2) is 6.45. The molecule has 2 aromatic rings. The highest BCUT2D eigenvalue weighted by Gasteiger charge is 2.31. The second-order valence-electron chi connectivity index (χ2n) is 5.75. The Labute approximate surface area is 147 Å². The molecule has 0 bridgehead atoms. The number of aromatic hydroxyl groups is 1. The smallest absolute Gasteiger partial charge is 0.336 e. The van der Waals surface area contributed by atoms with Crippen molar-refractivity contribution in [2.75, 3.05) is 0 Å². The van der Waals surface area contributed by atoms with Crippen LogP contribution in [0.3, 0.4) is 0 Å². The molecule has 0 radical (unpaired) electrons. The molecule has 2 unspecified atom stereocenters. The Balaban J connectivity index is 2.19. The van der Waals surface area contributed by atoms with Crippen LogP contribution in [0.25, 0.3) is 5.69 Å². The summed E-state index contributed by atoms with van der Waals surface area (Å²) in [6.45, 7) is 1.84. The molecule has 1 aromatic carbocycles. The summed E-state index contributed by atoms with van der Waals surface area (Å²) >= 11 is 5.95. The van der Waals surface area contributed by atoms with Crippen LogP contribution in [0.15, 0.2) is 16.9 Å². The molecule has 1 aliphatic rings. The number of hydrogen-bond acceptors (Lipinski definition) is 3. The molecule has 25 heavy (non-hydrogen) atoms. The van der Waals surface area contributed by atoms with Crippen LogP contribution in [0.4, 0.5) is 8.78 Å². The lowest BCUT2D eigenvalue weighted by Gasteiger charge is -2.16. The van der Waals surface area contributed by atoms with E-state index < -0.39 is 29.7 Å². The van der Waals surface area contributed by atoms with Crippen LogP contribution in [-0.4, -0.2) is 20.3 Å². The van der Waals surface area contributed by atoms with Gasteiger partial charge in [0, 0.05) is 12.6 Å². The number of terminal acetylenes is 1. The SMILES string of the molecule is C#CC(C)Oc1cc(-n2c(O)c3n(c2=O)CCCC3F)c(F)cc1Cl. The molecule has 0 fully saturated rings. The van der Waals surface area contributed by atoms with E-state index in [4.69, 9.17) is 22.8 Å². The van der Waals surface area contributed by atoms with E-state index in [1.807, 2.05) is 0 Å². The number of halogens is 3. The van der Waals surface area contributed by atoms with Crippen molar-refractivity contribution in [1.82, 2.24) is 9.13 Å². The van der Waals surface area contributed by atoms with Gasteiger partial charge in [-0.25, -0.2) is 18.1 Å². The fourth-order valence-corrected chi connectivity index (χ4v) is 3.06. The van der Waals surface area contributed by atoms with Crippen molar-refractivity contribution in [3.8, 4) is 29.7 Å². The summed E-state index contributed by atoms with van der Waals surface area (Å²) in [6, 6.07) is 2.11. The molecule has 0 saturated carbocycles. The predicted molar refractivity (Wildman–Crippen MR) is 88.7 cm³/mol. The zero-order valence-corrected chi connectivity index (χ0v) is 14.1. The minimum Gasteiger partial charge on any atom is -0.493 e. The third-order valence-corrected chi connectivity index (χ3v) is 4.37. The van der Waals surface area contributed by atoms with Crippen LogP contribution >= 0.6 is 11.6 Å². The topological polar surface area (TPSA) is 56.4 Å². The van der Waals surface area contributed by atoms with E-state index in [2.05, 4.69) is 5.92 Å². The number of imidazole rings is 1. The Morgan fingerprint density at radius 2 is 2.24 bits per heavy atom. The van der Waals surface area contributed by atoms with Gasteiger partial charge < -0.3 is 9.84 Å². The molecule has 5 nitrogen and oxygen atoms in total. The Morgan fingerprint density at radius 3 is 2.88 bits per heavy atom. The maximum absolute atomic E-state index is 14.4. The fraction of sp³-hybridized carbons (Fsp3) is 0.353. The first-order valence-corrected chi connectivity index (χ1v) is 8.03. The Kier molecular flexibility index (Phi) is 4.48. The third kappa shape index (κ3) is 2.87. The van der Waals surface area contributed by atoms with Crippen molar-refractivity contribution in [2.45, 2.75) is 38.6 Å². The number of hydrogen-bond donors (Lipinski definition) is 1. The van der Waals surface area contributed by atoms with Gasteiger partial charge in [-0.15, -0.1) is 6.42 Å². The minimum atomic E-state index is -1.49. The molecule has 8 heteroatoms. The number of aromatic nitrogens is 2. The maximum Gasteiger partial charge on any atom is 0.336 e. The Morgan fingerprint density at radius 1 is 1.52 bits per heavy atom. The molecule has 0 saturated heterocycles. The molecular formula is C17H15ClF2N2O3. The van der Waals surface area contributed by atoms with E-state index in [0.29, 0.717) is 11.0 Å². The highest BCUT2D eigenvalue weighted by molar-refractivity contribution is 6.32. The van der Waals surface area contributed by atoms with Gasteiger partial charge in [-0.3, -0.25) is 4.57 Å². The van der Waals surface area contributed by atoms with Gasteiger partial charge in [0.15, 0.2) is 6.10 Å². The zero-order chi connectivity index (χ0) is 18.3.